The molecule has 0 heterocycles. The normalized spacial score (nSPS) is 10.3. The molecule has 0 atom stereocenters. The Hall–Kier alpha value is -2.31. The van der Waals surface area contributed by atoms with Crippen LogP contribution in [-0.4, -0.2) is 31.6 Å². The standard InChI is InChI=1S/C18H20N2O/c1-20(12-11-16-5-3-2-4-6-16)13-14-21-18-9-7-17(15-19)8-10-18/h2-10H,11-14H2,1H3. The monoisotopic (exact) mass is 280 g/mol. The average Bonchev–Trinajstić information content (AvgIpc) is 2.54. The van der Waals surface area contributed by atoms with Crippen LogP contribution in [0.25, 0.3) is 0 Å². The van der Waals surface area contributed by atoms with Crippen LogP contribution in [0.15, 0.2) is 54.6 Å². The van der Waals surface area contributed by atoms with Crippen LogP contribution < -0.4 is 4.74 Å². The van der Waals surface area contributed by atoms with Crippen molar-refractivity contribution in [3.8, 4) is 11.8 Å². The van der Waals surface area contributed by atoms with Crippen LogP contribution in [0.4, 0.5) is 0 Å². The zero-order valence-electron chi connectivity index (χ0n) is 12.3. The van der Waals surface area contributed by atoms with Gasteiger partial charge in [0.2, 0.25) is 0 Å². The Bertz CT molecular complexity index is 572. The second-order valence-corrected chi connectivity index (χ2v) is 5.02. The number of hydrogen-bond acceptors (Lipinski definition) is 3. The molecule has 0 aromatic heterocycles. The van der Waals surface area contributed by atoms with Gasteiger partial charge in [-0.15, -0.1) is 0 Å². The molecule has 0 aliphatic heterocycles. The zero-order chi connectivity index (χ0) is 14.9. The summed E-state index contributed by atoms with van der Waals surface area (Å²) in [6.45, 7) is 2.55. The topological polar surface area (TPSA) is 36.3 Å². The van der Waals surface area contributed by atoms with Crippen LogP contribution in [0, 0.1) is 11.3 Å². The first-order valence-electron chi connectivity index (χ1n) is 7.13. The van der Waals surface area contributed by atoms with Crippen LogP contribution >= 0.6 is 0 Å². The van der Waals surface area contributed by atoms with Crippen molar-refractivity contribution in [2.24, 2.45) is 0 Å². The minimum atomic E-state index is 0.650. The predicted molar refractivity (Wildman–Crippen MR) is 84.3 cm³/mol. The summed E-state index contributed by atoms with van der Waals surface area (Å²) in [5.41, 5.74) is 2.01. The fourth-order valence-electron chi connectivity index (χ4n) is 2.02. The van der Waals surface area contributed by atoms with Crippen LogP contribution in [0.5, 0.6) is 5.75 Å². The number of likely N-dealkylation sites (N-methyl/N-ethyl adjacent to an activating group) is 1. The van der Waals surface area contributed by atoms with E-state index in [1.165, 1.54) is 5.56 Å². The lowest BCUT2D eigenvalue weighted by molar-refractivity contribution is 0.239. The van der Waals surface area contributed by atoms with Gasteiger partial charge >= 0.3 is 0 Å². The molecular weight excluding hydrogens is 260 g/mol. The third kappa shape index (κ3) is 5.29. The summed E-state index contributed by atoms with van der Waals surface area (Å²) in [4.78, 5) is 2.26. The van der Waals surface area contributed by atoms with E-state index in [0.29, 0.717) is 12.2 Å². The summed E-state index contributed by atoms with van der Waals surface area (Å²) in [5.74, 6) is 0.811. The van der Waals surface area contributed by atoms with E-state index < -0.39 is 0 Å². The summed E-state index contributed by atoms with van der Waals surface area (Å²) in [6.07, 6.45) is 1.05. The molecule has 2 aromatic rings. The Labute approximate surface area is 126 Å². The number of ether oxygens (including phenoxy) is 1. The van der Waals surface area contributed by atoms with Crippen molar-refractivity contribution in [2.75, 3.05) is 26.7 Å². The van der Waals surface area contributed by atoms with E-state index in [-0.39, 0.29) is 0 Å². The van der Waals surface area contributed by atoms with Crippen LogP contribution in [0.3, 0.4) is 0 Å². The molecule has 0 bridgehead atoms. The average molecular weight is 280 g/mol. The van der Waals surface area contributed by atoms with Crippen molar-refractivity contribution >= 4 is 0 Å². The summed E-state index contributed by atoms with van der Waals surface area (Å²) in [6, 6.07) is 19.8. The molecule has 0 spiro atoms. The minimum absolute atomic E-state index is 0.650. The number of benzene rings is 2. The predicted octanol–water partition coefficient (Wildman–Crippen LogP) is 3.11. The highest BCUT2D eigenvalue weighted by molar-refractivity contribution is 5.34. The van der Waals surface area contributed by atoms with Gasteiger partial charge < -0.3 is 9.64 Å². The number of hydrogen-bond donors (Lipinski definition) is 0. The summed E-state index contributed by atoms with van der Waals surface area (Å²) < 4.78 is 5.68. The van der Waals surface area contributed by atoms with E-state index in [0.717, 1.165) is 25.3 Å². The lowest BCUT2D eigenvalue weighted by atomic mass is 10.1. The van der Waals surface area contributed by atoms with E-state index in [2.05, 4.69) is 42.3 Å². The quantitative estimate of drug-likeness (QED) is 0.782. The van der Waals surface area contributed by atoms with Gasteiger partial charge in [0.25, 0.3) is 0 Å². The molecule has 2 rings (SSSR count). The smallest absolute Gasteiger partial charge is 0.119 e. The van der Waals surface area contributed by atoms with Crippen molar-refractivity contribution < 1.29 is 4.74 Å². The molecule has 0 fully saturated rings. The summed E-state index contributed by atoms with van der Waals surface area (Å²) in [7, 11) is 2.10. The second-order valence-electron chi connectivity index (χ2n) is 5.02. The van der Waals surface area contributed by atoms with E-state index in [9.17, 15) is 0 Å². The number of nitriles is 1. The number of rotatable bonds is 7. The van der Waals surface area contributed by atoms with E-state index in [1.807, 2.05) is 18.2 Å². The highest BCUT2D eigenvalue weighted by Crippen LogP contribution is 2.11. The third-order valence-electron chi connectivity index (χ3n) is 3.35. The molecule has 0 unspecified atom stereocenters. The van der Waals surface area contributed by atoms with E-state index in [4.69, 9.17) is 10.00 Å². The molecule has 0 aliphatic carbocycles. The van der Waals surface area contributed by atoms with Gasteiger partial charge in [-0.1, -0.05) is 30.3 Å². The molecule has 0 amide bonds. The van der Waals surface area contributed by atoms with Gasteiger partial charge in [0.05, 0.1) is 11.6 Å². The SMILES string of the molecule is CN(CCOc1ccc(C#N)cc1)CCc1ccccc1. The maximum atomic E-state index is 8.73. The molecular formula is C18H20N2O. The van der Waals surface area contributed by atoms with Crippen molar-refractivity contribution in [1.82, 2.24) is 4.90 Å². The zero-order valence-corrected chi connectivity index (χ0v) is 12.3. The molecule has 21 heavy (non-hydrogen) atoms. The van der Waals surface area contributed by atoms with Crippen molar-refractivity contribution in [2.45, 2.75) is 6.42 Å². The van der Waals surface area contributed by atoms with Crippen molar-refractivity contribution in [3.05, 3.63) is 65.7 Å². The first kappa shape index (κ1) is 15.1. The number of nitrogens with zero attached hydrogens (tertiary/aromatic N) is 2. The molecule has 3 heteroatoms. The Balaban J connectivity index is 1.67. The van der Waals surface area contributed by atoms with Crippen molar-refractivity contribution in [1.29, 1.82) is 5.26 Å². The largest absolute Gasteiger partial charge is 0.492 e. The lowest BCUT2D eigenvalue weighted by Gasteiger charge is -2.17. The maximum absolute atomic E-state index is 8.73. The van der Waals surface area contributed by atoms with Gasteiger partial charge in [-0.2, -0.15) is 5.26 Å². The van der Waals surface area contributed by atoms with Gasteiger partial charge in [-0.05, 0) is 43.3 Å². The molecule has 0 radical (unpaired) electrons. The molecule has 0 aliphatic rings. The Morgan fingerprint density at radius 1 is 1.00 bits per heavy atom. The summed E-state index contributed by atoms with van der Waals surface area (Å²) >= 11 is 0. The van der Waals surface area contributed by atoms with Crippen LogP contribution in [0.1, 0.15) is 11.1 Å². The first-order valence-corrected chi connectivity index (χ1v) is 7.13. The molecule has 0 saturated heterocycles. The molecule has 0 N–H and O–H groups in total. The minimum Gasteiger partial charge on any atom is -0.492 e. The molecule has 2 aromatic carbocycles. The van der Waals surface area contributed by atoms with Gasteiger partial charge in [0, 0.05) is 13.1 Å². The Morgan fingerprint density at radius 3 is 2.38 bits per heavy atom. The van der Waals surface area contributed by atoms with E-state index >= 15 is 0 Å². The fraction of sp³-hybridized carbons (Fsp3) is 0.278. The Kier molecular flexibility index (Phi) is 5.81. The fourth-order valence-corrected chi connectivity index (χ4v) is 2.02. The first-order chi connectivity index (χ1) is 10.3. The van der Waals surface area contributed by atoms with Gasteiger partial charge in [-0.25, -0.2) is 0 Å². The van der Waals surface area contributed by atoms with Gasteiger partial charge in [0.15, 0.2) is 0 Å². The van der Waals surface area contributed by atoms with Gasteiger partial charge in [-0.3, -0.25) is 0 Å². The second kappa shape index (κ2) is 8.08. The molecule has 0 saturated carbocycles. The third-order valence-corrected chi connectivity index (χ3v) is 3.35. The highest BCUT2D eigenvalue weighted by Gasteiger charge is 2.00. The Morgan fingerprint density at radius 2 is 1.71 bits per heavy atom. The lowest BCUT2D eigenvalue weighted by Crippen LogP contribution is -2.26. The summed E-state index contributed by atoms with van der Waals surface area (Å²) in [5, 5.41) is 8.73. The maximum Gasteiger partial charge on any atom is 0.119 e. The van der Waals surface area contributed by atoms with Crippen LogP contribution in [-0.2, 0) is 6.42 Å². The molecule has 3 nitrogen and oxygen atoms in total. The van der Waals surface area contributed by atoms with Gasteiger partial charge in [0.1, 0.15) is 12.4 Å². The van der Waals surface area contributed by atoms with Crippen molar-refractivity contribution in [3.63, 3.8) is 0 Å². The highest BCUT2D eigenvalue weighted by atomic mass is 16.5. The van der Waals surface area contributed by atoms with E-state index in [1.54, 1.807) is 12.1 Å². The molecule has 108 valence electrons. The van der Waals surface area contributed by atoms with Crippen LogP contribution in [0.2, 0.25) is 0 Å².